The van der Waals surface area contributed by atoms with Crippen molar-refractivity contribution in [1.82, 2.24) is 10.6 Å². The standard InChI is InChI=1S/C32H60BN5O6S/c1-7-8-9-10-11-12-17-45(41,42)18-15-28(39)37-24(14-13-16-36-30(34)35)29(40)38-27(19-22(2)3)33-43-26-21-23-20-25(31(23,4)5)32(26,6)44-33/h22-27H,7-21H2,1-6H3,(H,37,39)(H,38,40)(H4,34,35,36)/t23-,24-,25-,26+,27-,32-/m0/s1. The van der Waals surface area contributed by atoms with Gasteiger partial charge in [-0.05, 0) is 68.6 Å². The minimum Gasteiger partial charge on any atom is -0.404 e. The van der Waals surface area contributed by atoms with Crippen LogP contribution in [0.4, 0.5) is 0 Å². The van der Waals surface area contributed by atoms with Crippen LogP contribution in [0.5, 0.6) is 0 Å². The lowest BCUT2D eigenvalue weighted by molar-refractivity contribution is -0.199. The summed E-state index contributed by atoms with van der Waals surface area (Å²) >= 11 is 0. The molecule has 1 aliphatic heterocycles. The van der Waals surface area contributed by atoms with Crippen LogP contribution < -0.4 is 22.1 Å². The van der Waals surface area contributed by atoms with Crippen LogP contribution in [0.25, 0.3) is 0 Å². The molecule has 1 saturated heterocycles. The first kappa shape index (κ1) is 37.6. The summed E-state index contributed by atoms with van der Waals surface area (Å²) in [5.74, 6) is -0.179. The van der Waals surface area contributed by atoms with Crippen molar-refractivity contribution in [1.29, 1.82) is 0 Å². The van der Waals surface area contributed by atoms with Crippen LogP contribution in [-0.4, -0.2) is 75.0 Å². The molecule has 2 bridgehead atoms. The van der Waals surface area contributed by atoms with Crippen molar-refractivity contribution in [2.45, 2.75) is 142 Å². The second kappa shape index (κ2) is 16.3. The number of unbranched alkanes of at least 4 members (excludes halogenated alkanes) is 5. The van der Waals surface area contributed by atoms with E-state index in [1.807, 2.05) is 0 Å². The van der Waals surface area contributed by atoms with E-state index in [0.717, 1.165) is 44.9 Å². The SMILES string of the molecule is CCCCCCCCS(=O)(=O)CCC(=O)N[C@@H](CCCN=C(N)N)C(=O)N[C@@H](CC(C)C)B1O[C@@H]2C[C@@H]3C[C@@H](C3(C)C)[C@]2(C)O1. The first-order chi connectivity index (χ1) is 21.1. The molecule has 0 aromatic rings. The molecule has 2 amide bonds. The highest BCUT2D eigenvalue weighted by atomic mass is 32.2. The highest BCUT2D eigenvalue weighted by Crippen LogP contribution is 2.65. The number of sulfone groups is 1. The summed E-state index contributed by atoms with van der Waals surface area (Å²) in [7, 11) is -3.96. The number of amides is 2. The van der Waals surface area contributed by atoms with Crippen LogP contribution in [0.15, 0.2) is 4.99 Å². The van der Waals surface area contributed by atoms with E-state index in [2.05, 4.69) is 57.2 Å². The molecule has 13 heteroatoms. The van der Waals surface area contributed by atoms with Crippen LogP contribution in [-0.2, 0) is 28.7 Å². The minimum absolute atomic E-state index is 0.0146. The number of nitrogens with zero attached hydrogens (tertiary/aromatic N) is 1. The van der Waals surface area contributed by atoms with E-state index in [0.29, 0.717) is 37.6 Å². The molecule has 45 heavy (non-hydrogen) atoms. The molecule has 0 unspecified atom stereocenters. The Morgan fingerprint density at radius 1 is 1.00 bits per heavy atom. The normalized spacial score (nSPS) is 26.5. The lowest BCUT2D eigenvalue weighted by atomic mass is 9.43. The summed E-state index contributed by atoms with van der Waals surface area (Å²) in [6.07, 6.45) is 9.16. The Balaban J connectivity index is 1.62. The molecule has 4 fully saturated rings. The Morgan fingerprint density at radius 3 is 2.33 bits per heavy atom. The van der Waals surface area contributed by atoms with Gasteiger partial charge in [-0.1, -0.05) is 66.7 Å². The number of hydrogen-bond donors (Lipinski definition) is 4. The first-order valence-electron chi connectivity index (χ1n) is 17.3. The van der Waals surface area contributed by atoms with Gasteiger partial charge in [0.15, 0.2) is 15.8 Å². The molecular formula is C32H60BN5O6S. The Kier molecular flexibility index (Phi) is 13.6. The Hall–Kier alpha value is -1.86. The maximum absolute atomic E-state index is 13.7. The molecule has 11 nitrogen and oxygen atoms in total. The fourth-order valence-electron chi connectivity index (χ4n) is 7.59. The molecular weight excluding hydrogens is 593 g/mol. The van der Waals surface area contributed by atoms with Crippen molar-refractivity contribution >= 4 is 34.7 Å². The lowest BCUT2D eigenvalue weighted by Crippen LogP contribution is -2.65. The van der Waals surface area contributed by atoms with Gasteiger partial charge < -0.3 is 31.4 Å². The third kappa shape index (κ3) is 10.3. The van der Waals surface area contributed by atoms with E-state index in [4.69, 9.17) is 20.8 Å². The van der Waals surface area contributed by atoms with Gasteiger partial charge in [0.05, 0.1) is 29.2 Å². The lowest BCUT2D eigenvalue weighted by Gasteiger charge is -2.64. The van der Waals surface area contributed by atoms with Crippen molar-refractivity contribution in [2.24, 2.45) is 39.6 Å². The number of hydrogen-bond acceptors (Lipinski definition) is 7. The Bertz CT molecular complexity index is 1130. The van der Waals surface area contributed by atoms with Crippen LogP contribution in [0.1, 0.15) is 119 Å². The molecule has 0 radical (unpaired) electrons. The zero-order chi connectivity index (χ0) is 33.4. The number of guanidine groups is 1. The van der Waals surface area contributed by atoms with Crippen LogP contribution in [0, 0.1) is 23.2 Å². The molecule has 0 aromatic carbocycles. The maximum Gasteiger partial charge on any atom is 0.481 e. The molecule has 6 atom stereocenters. The van der Waals surface area contributed by atoms with Gasteiger partial charge in [0.2, 0.25) is 11.8 Å². The number of carbonyl (C=O) groups excluding carboxylic acids is 2. The molecule has 258 valence electrons. The number of rotatable bonds is 20. The quantitative estimate of drug-likeness (QED) is 0.0669. The summed E-state index contributed by atoms with van der Waals surface area (Å²) in [4.78, 5) is 30.7. The topological polar surface area (TPSA) is 175 Å². The summed E-state index contributed by atoms with van der Waals surface area (Å²) in [5.41, 5.74) is 10.7. The number of carbonyl (C=O) groups is 2. The molecule has 0 spiro atoms. The van der Waals surface area contributed by atoms with E-state index in [9.17, 15) is 18.0 Å². The molecule has 6 N–H and O–H groups in total. The van der Waals surface area contributed by atoms with Gasteiger partial charge in [-0.3, -0.25) is 14.6 Å². The number of nitrogens with two attached hydrogens (primary N) is 2. The minimum atomic E-state index is -3.37. The molecule has 4 aliphatic rings. The van der Waals surface area contributed by atoms with Gasteiger partial charge in [0.1, 0.15) is 6.04 Å². The summed E-state index contributed by atoms with van der Waals surface area (Å²) in [6.45, 7) is 13.4. The predicted octanol–water partition coefficient (Wildman–Crippen LogP) is 3.49. The third-order valence-corrected chi connectivity index (χ3v) is 12.1. The largest absolute Gasteiger partial charge is 0.481 e. The van der Waals surface area contributed by atoms with Gasteiger partial charge in [0, 0.05) is 13.0 Å². The second-order valence-corrected chi connectivity index (χ2v) is 17.1. The predicted molar refractivity (Wildman–Crippen MR) is 180 cm³/mol. The highest BCUT2D eigenvalue weighted by molar-refractivity contribution is 7.91. The van der Waals surface area contributed by atoms with Crippen molar-refractivity contribution in [3.05, 3.63) is 0 Å². The highest BCUT2D eigenvalue weighted by Gasteiger charge is 2.68. The van der Waals surface area contributed by atoms with Crippen LogP contribution >= 0.6 is 0 Å². The smallest absolute Gasteiger partial charge is 0.404 e. The van der Waals surface area contributed by atoms with Crippen LogP contribution in [0.2, 0.25) is 0 Å². The van der Waals surface area contributed by atoms with E-state index in [1.165, 1.54) is 0 Å². The molecule has 0 aromatic heterocycles. The average Bonchev–Trinajstić information content (AvgIpc) is 3.32. The van der Waals surface area contributed by atoms with E-state index in [1.54, 1.807) is 0 Å². The zero-order valence-electron chi connectivity index (χ0n) is 28.6. The van der Waals surface area contributed by atoms with E-state index in [-0.39, 0.29) is 53.7 Å². The summed E-state index contributed by atoms with van der Waals surface area (Å²) in [5, 5.41) is 5.93. The van der Waals surface area contributed by atoms with Crippen LogP contribution in [0.3, 0.4) is 0 Å². The Morgan fingerprint density at radius 2 is 1.69 bits per heavy atom. The van der Waals surface area contributed by atoms with Gasteiger partial charge in [-0.15, -0.1) is 0 Å². The zero-order valence-corrected chi connectivity index (χ0v) is 29.4. The molecule has 1 heterocycles. The van der Waals surface area contributed by atoms with Crippen molar-refractivity contribution in [3.63, 3.8) is 0 Å². The van der Waals surface area contributed by atoms with E-state index >= 15 is 0 Å². The van der Waals surface area contributed by atoms with Gasteiger partial charge in [-0.2, -0.15) is 0 Å². The summed E-state index contributed by atoms with van der Waals surface area (Å²) < 4.78 is 38.4. The molecule has 3 aliphatic carbocycles. The molecule has 4 rings (SSSR count). The first-order valence-corrected chi connectivity index (χ1v) is 19.1. The van der Waals surface area contributed by atoms with E-state index < -0.39 is 40.4 Å². The van der Waals surface area contributed by atoms with Gasteiger partial charge >= 0.3 is 7.12 Å². The number of aliphatic imine (C=N–C) groups is 1. The molecule has 3 saturated carbocycles. The average molecular weight is 654 g/mol. The second-order valence-electron chi connectivity index (χ2n) is 14.8. The van der Waals surface area contributed by atoms with Crippen molar-refractivity contribution in [3.8, 4) is 0 Å². The fourth-order valence-corrected chi connectivity index (χ4v) is 8.94. The monoisotopic (exact) mass is 653 g/mol. The van der Waals surface area contributed by atoms with Crippen molar-refractivity contribution in [2.75, 3.05) is 18.1 Å². The Labute approximate surface area is 272 Å². The van der Waals surface area contributed by atoms with Crippen molar-refractivity contribution < 1.29 is 27.3 Å². The van der Waals surface area contributed by atoms with Gasteiger partial charge in [0.25, 0.3) is 0 Å². The van der Waals surface area contributed by atoms with Gasteiger partial charge in [-0.25, -0.2) is 8.42 Å². The summed E-state index contributed by atoms with van der Waals surface area (Å²) in [6, 6.07) is -0.881. The fraction of sp³-hybridized carbons (Fsp3) is 0.906. The third-order valence-electron chi connectivity index (χ3n) is 10.4. The number of nitrogens with one attached hydrogen (secondary N) is 2. The maximum atomic E-state index is 13.7.